The van der Waals surface area contributed by atoms with Gasteiger partial charge in [0.2, 0.25) is 0 Å². The number of carbonyl (C=O) groups is 1. The van der Waals surface area contributed by atoms with E-state index in [0.29, 0.717) is 41.6 Å². The van der Waals surface area contributed by atoms with Gasteiger partial charge in [-0.2, -0.15) is 9.30 Å². The first-order valence-electron chi connectivity index (χ1n) is 10.3. The minimum absolute atomic E-state index is 0.194. The Morgan fingerprint density at radius 3 is 2.59 bits per heavy atom. The Labute approximate surface area is 200 Å². The average molecular weight is 510 g/mol. The summed E-state index contributed by atoms with van der Waals surface area (Å²) >= 11 is 8.46. The van der Waals surface area contributed by atoms with Crippen LogP contribution in [0, 0.1) is 19.8 Å². The zero-order valence-corrected chi connectivity index (χ0v) is 21.1. The normalized spacial score (nSPS) is 16.7. The molecule has 1 aliphatic heterocycles. The summed E-state index contributed by atoms with van der Waals surface area (Å²) in [5, 5.41) is 0. The number of sulfonamides is 1. The third-order valence-electron chi connectivity index (χ3n) is 5.58. The number of rotatable bonds is 5. The van der Waals surface area contributed by atoms with Crippen molar-refractivity contribution in [2.45, 2.75) is 37.4 Å². The summed E-state index contributed by atoms with van der Waals surface area (Å²) in [5.74, 6) is -0.487. The van der Waals surface area contributed by atoms with E-state index < -0.39 is 10.0 Å². The molecule has 0 unspecified atom stereocenters. The Hall–Kier alpha value is -1.78. The number of piperidine rings is 1. The van der Waals surface area contributed by atoms with Gasteiger partial charge in [0.1, 0.15) is 4.21 Å². The Bertz CT molecular complexity index is 1360. The highest BCUT2D eigenvalue weighted by atomic mass is 35.5. The minimum Gasteiger partial charge on any atom is -0.312 e. The lowest BCUT2D eigenvalue weighted by molar-refractivity contribution is -0.122. The molecule has 0 atom stereocenters. The van der Waals surface area contributed by atoms with Crippen LogP contribution in [0.2, 0.25) is 4.34 Å². The van der Waals surface area contributed by atoms with E-state index in [2.05, 4.69) is 37.6 Å². The number of hydrogen-bond donors (Lipinski definition) is 0. The van der Waals surface area contributed by atoms with Crippen LogP contribution in [0.25, 0.3) is 10.2 Å². The van der Waals surface area contributed by atoms with Crippen molar-refractivity contribution >= 4 is 60.4 Å². The van der Waals surface area contributed by atoms with Crippen LogP contribution in [0.15, 0.2) is 46.1 Å². The van der Waals surface area contributed by atoms with Gasteiger partial charge in [0.25, 0.3) is 15.9 Å². The fourth-order valence-electron chi connectivity index (χ4n) is 4.00. The molecular weight excluding hydrogens is 486 g/mol. The molecular formula is C22H24ClN3O3S3. The predicted molar refractivity (Wildman–Crippen MR) is 131 cm³/mol. The molecule has 0 bridgehead atoms. The maximum absolute atomic E-state index is 13.0. The number of thiazole rings is 1. The molecule has 2 aromatic heterocycles. The van der Waals surface area contributed by atoms with Crippen molar-refractivity contribution in [3.8, 4) is 0 Å². The highest BCUT2D eigenvalue weighted by molar-refractivity contribution is 7.91. The minimum atomic E-state index is -3.58. The number of aromatic nitrogens is 1. The molecule has 6 nitrogen and oxygen atoms in total. The van der Waals surface area contributed by atoms with Crippen LogP contribution in [0.1, 0.15) is 24.0 Å². The van der Waals surface area contributed by atoms with Crippen LogP contribution in [-0.4, -0.2) is 36.3 Å². The van der Waals surface area contributed by atoms with Gasteiger partial charge in [-0.3, -0.25) is 4.79 Å². The van der Waals surface area contributed by atoms with E-state index in [1.54, 1.807) is 12.1 Å². The van der Waals surface area contributed by atoms with Crippen LogP contribution in [-0.2, 0) is 21.4 Å². The first-order valence-corrected chi connectivity index (χ1v) is 13.7. The van der Waals surface area contributed by atoms with E-state index in [9.17, 15) is 13.2 Å². The smallest absolute Gasteiger partial charge is 0.252 e. The molecule has 170 valence electrons. The van der Waals surface area contributed by atoms with Gasteiger partial charge < -0.3 is 4.57 Å². The van der Waals surface area contributed by atoms with E-state index in [1.165, 1.54) is 21.7 Å². The molecule has 0 radical (unpaired) electrons. The number of carbonyl (C=O) groups excluding carboxylic acids is 1. The number of benzene rings is 1. The second-order valence-corrected chi connectivity index (χ2v) is 12.8. The number of hydrogen-bond acceptors (Lipinski definition) is 5. The lowest BCUT2D eigenvalue weighted by Gasteiger charge is -2.29. The number of fused-ring (bicyclic) bond motifs is 1. The third kappa shape index (κ3) is 4.49. The molecule has 0 spiro atoms. The first kappa shape index (κ1) is 23.4. The molecule has 1 saturated heterocycles. The number of nitrogens with zero attached hydrogens (tertiary/aromatic N) is 3. The van der Waals surface area contributed by atoms with E-state index >= 15 is 0 Å². The Balaban J connectivity index is 1.56. The monoisotopic (exact) mass is 509 g/mol. The van der Waals surface area contributed by atoms with Crippen molar-refractivity contribution < 1.29 is 13.2 Å². The Morgan fingerprint density at radius 1 is 1.25 bits per heavy atom. The fourth-order valence-corrected chi connectivity index (χ4v) is 8.20. The molecule has 10 heteroatoms. The molecule has 1 aliphatic rings. The van der Waals surface area contributed by atoms with Gasteiger partial charge in [0, 0.05) is 25.6 Å². The molecule has 32 heavy (non-hydrogen) atoms. The molecule has 1 amide bonds. The first-order chi connectivity index (χ1) is 15.2. The van der Waals surface area contributed by atoms with E-state index in [1.807, 2.05) is 4.57 Å². The largest absolute Gasteiger partial charge is 0.312 e. The van der Waals surface area contributed by atoms with Crippen LogP contribution in [0.4, 0.5) is 0 Å². The fraction of sp³-hybridized carbons (Fsp3) is 0.364. The standard InChI is InChI=1S/C22H24ClN3O3S3/c1-4-9-26-17-13-14(2)12-15(3)20(17)31-22(26)24-21(27)16-7-10-25(11-8-16)32(28,29)19-6-5-18(23)30-19/h4-6,12-13,16H,1,7-11H2,2-3H3. The van der Waals surface area contributed by atoms with Gasteiger partial charge in [-0.15, -0.1) is 17.9 Å². The number of aryl methyl sites for hydroxylation is 2. The van der Waals surface area contributed by atoms with Crippen molar-refractivity contribution in [3.05, 3.63) is 57.2 Å². The Kier molecular flexibility index (Phi) is 6.74. The summed E-state index contributed by atoms with van der Waals surface area (Å²) in [6.45, 7) is 9.11. The number of allylic oxidation sites excluding steroid dienone is 1. The molecule has 1 fully saturated rings. The molecule has 0 saturated carbocycles. The maximum atomic E-state index is 13.0. The topological polar surface area (TPSA) is 71.7 Å². The van der Waals surface area contributed by atoms with Gasteiger partial charge in [-0.05, 0) is 56.0 Å². The maximum Gasteiger partial charge on any atom is 0.252 e. The van der Waals surface area contributed by atoms with Gasteiger partial charge in [0.05, 0.1) is 14.6 Å². The zero-order valence-electron chi connectivity index (χ0n) is 17.9. The van der Waals surface area contributed by atoms with Crippen molar-refractivity contribution in [1.29, 1.82) is 0 Å². The van der Waals surface area contributed by atoms with E-state index in [0.717, 1.165) is 32.7 Å². The van der Waals surface area contributed by atoms with E-state index in [4.69, 9.17) is 11.6 Å². The summed E-state index contributed by atoms with van der Waals surface area (Å²) in [6.07, 6.45) is 2.70. The summed E-state index contributed by atoms with van der Waals surface area (Å²) in [5.41, 5.74) is 3.36. The molecule has 4 rings (SSSR count). The molecule has 0 aliphatic carbocycles. The SMILES string of the molecule is C=CCn1c(=NC(=O)C2CCN(S(=O)(=O)c3ccc(Cl)s3)CC2)sc2c(C)cc(C)cc21. The molecule has 0 N–H and O–H groups in total. The Morgan fingerprint density at radius 2 is 1.97 bits per heavy atom. The van der Waals surface area contributed by atoms with Crippen LogP contribution < -0.4 is 4.80 Å². The summed E-state index contributed by atoms with van der Waals surface area (Å²) in [6, 6.07) is 7.34. The quantitative estimate of drug-likeness (QED) is 0.466. The zero-order chi connectivity index (χ0) is 23.0. The van der Waals surface area contributed by atoms with Crippen molar-refractivity contribution in [3.63, 3.8) is 0 Å². The van der Waals surface area contributed by atoms with Gasteiger partial charge in [0.15, 0.2) is 4.80 Å². The van der Waals surface area contributed by atoms with Crippen molar-refractivity contribution in [2.24, 2.45) is 10.9 Å². The van der Waals surface area contributed by atoms with Crippen LogP contribution in [0.5, 0.6) is 0 Å². The second-order valence-electron chi connectivity index (χ2n) is 7.90. The predicted octanol–water partition coefficient (Wildman–Crippen LogP) is 4.75. The number of halogens is 1. The van der Waals surface area contributed by atoms with Gasteiger partial charge in [-0.1, -0.05) is 35.1 Å². The molecule has 1 aromatic carbocycles. The summed E-state index contributed by atoms with van der Waals surface area (Å²) < 4.78 is 30.8. The number of thiophene rings is 1. The summed E-state index contributed by atoms with van der Waals surface area (Å²) in [7, 11) is -3.58. The molecule has 3 heterocycles. The molecule has 3 aromatic rings. The highest BCUT2D eigenvalue weighted by Gasteiger charge is 2.33. The lowest BCUT2D eigenvalue weighted by Crippen LogP contribution is -2.40. The van der Waals surface area contributed by atoms with Gasteiger partial charge >= 0.3 is 0 Å². The third-order valence-corrected chi connectivity index (χ3v) is 10.4. The van der Waals surface area contributed by atoms with Crippen LogP contribution >= 0.6 is 34.3 Å². The van der Waals surface area contributed by atoms with Crippen molar-refractivity contribution in [2.75, 3.05) is 13.1 Å². The number of amides is 1. The van der Waals surface area contributed by atoms with Crippen LogP contribution in [0.3, 0.4) is 0 Å². The highest BCUT2D eigenvalue weighted by Crippen LogP contribution is 2.31. The average Bonchev–Trinajstić information content (AvgIpc) is 3.33. The van der Waals surface area contributed by atoms with Gasteiger partial charge in [-0.25, -0.2) is 8.42 Å². The second kappa shape index (κ2) is 9.23. The van der Waals surface area contributed by atoms with E-state index in [-0.39, 0.29) is 16.0 Å². The lowest BCUT2D eigenvalue weighted by atomic mass is 9.98. The van der Waals surface area contributed by atoms with Crippen molar-refractivity contribution in [1.82, 2.24) is 8.87 Å². The summed E-state index contributed by atoms with van der Waals surface area (Å²) in [4.78, 5) is 18.1.